The summed E-state index contributed by atoms with van der Waals surface area (Å²) in [6.45, 7) is 9.29. The zero-order chi connectivity index (χ0) is 30.9. The normalized spacial score (nSPS) is 16.8. The third-order valence-electron chi connectivity index (χ3n) is 7.80. The molecule has 2 aliphatic heterocycles. The van der Waals surface area contributed by atoms with Crippen molar-refractivity contribution in [2.24, 2.45) is 0 Å². The Morgan fingerprint density at radius 1 is 1.14 bits per heavy atom. The van der Waals surface area contributed by atoms with E-state index in [1.54, 1.807) is 18.2 Å². The molecule has 0 bridgehead atoms. The standard InChI is InChI=1S/C32H39N7O5/c1-3-4-28(11-16-43-31(41)22(2)40)44-29-10-5-23(17-24(29)18-33)30-34-21-35-32(37-30)36-25-6-8-26(9-7-25)38-12-14-39(15-13-38)27-19-42-20-27/h5-10,17,21-22,27-28,40H,3-4,11-16,19-20H2,1-2H3,(H,34,35,36,37)/t22-,28?/m0/s1. The van der Waals surface area contributed by atoms with Gasteiger partial charge in [0.1, 0.15) is 30.4 Å². The molecule has 2 N–H and O–H groups in total. The second-order valence-electron chi connectivity index (χ2n) is 11.0. The molecular weight excluding hydrogens is 562 g/mol. The van der Waals surface area contributed by atoms with Crippen LogP contribution in [0.4, 0.5) is 17.3 Å². The van der Waals surface area contributed by atoms with Crippen molar-refractivity contribution in [3.8, 4) is 23.2 Å². The summed E-state index contributed by atoms with van der Waals surface area (Å²) in [7, 11) is 0. The second kappa shape index (κ2) is 14.9. The van der Waals surface area contributed by atoms with Gasteiger partial charge in [0, 0.05) is 49.5 Å². The van der Waals surface area contributed by atoms with Gasteiger partial charge in [-0.2, -0.15) is 10.2 Å². The number of anilines is 3. The van der Waals surface area contributed by atoms with E-state index in [4.69, 9.17) is 14.2 Å². The lowest BCUT2D eigenvalue weighted by molar-refractivity contribution is -0.153. The Hall–Kier alpha value is -4.31. The van der Waals surface area contributed by atoms with Gasteiger partial charge in [0.25, 0.3) is 0 Å². The van der Waals surface area contributed by atoms with Crippen molar-refractivity contribution < 1.29 is 24.1 Å². The zero-order valence-electron chi connectivity index (χ0n) is 25.2. The Bertz CT molecular complexity index is 1430. The van der Waals surface area contributed by atoms with Gasteiger partial charge in [0.2, 0.25) is 5.95 Å². The third-order valence-corrected chi connectivity index (χ3v) is 7.80. The average Bonchev–Trinajstić information content (AvgIpc) is 3.01. The maximum atomic E-state index is 11.6. The van der Waals surface area contributed by atoms with Crippen molar-refractivity contribution in [2.75, 3.05) is 56.2 Å². The third kappa shape index (κ3) is 7.99. The van der Waals surface area contributed by atoms with Gasteiger partial charge in [-0.05, 0) is 55.8 Å². The van der Waals surface area contributed by atoms with Crippen molar-refractivity contribution >= 4 is 23.3 Å². The Labute approximate surface area is 257 Å². The molecule has 3 heterocycles. The first-order chi connectivity index (χ1) is 21.4. The molecule has 232 valence electrons. The number of hydrogen-bond donors (Lipinski definition) is 2. The van der Waals surface area contributed by atoms with Crippen LogP contribution < -0.4 is 15.0 Å². The number of carbonyl (C=O) groups excluding carboxylic acids is 1. The van der Waals surface area contributed by atoms with Gasteiger partial charge in [-0.1, -0.05) is 13.3 Å². The Morgan fingerprint density at radius 3 is 2.57 bits per heavy atom. The first kappa shape index (κ1) is 31.1. The largest absolute Gasteiger partial charge is 0.489 e. The molecular formula is C32H39N7O5. The van der Waals surface area contributed by atoms with Crippen molar-refractivity contribution in [3.63, 3.8) is 0 Å². The number of aromatic nitrogens is 3. The molecule has 0 radical (unpaired) electrons. The molecule has 0 aliphatic carbocycles. The Kier molecular flexibility index (Phi) is 10.6. The second-order valence-corrected chi connectivity index (χ2v) is 11.0. The van der Waals surface area contributed by atoms with Crippen LogP contribution in [0.2, 0.25) is 0 Å². The van der Waals surface area contributed by atoms with E-state index in [-0.39, 0.29) is 12.7 Å². The number of carbonyl (C=O) groups is 1. The quantitative estimate of drug-likeness (QED) is 0.276. The first-order valence-corrected chi connectivity index (χ1v) is 15.1. The number of nitriles is 1. The number of rotatable bonds is 13. The van der Waals surface area contributed by atoms with E-state index < -0.39 is 12.1 Å². The van der Waals surface area contributed by atoms with Crippen LogP contribution in [0, 0.1) is 11.3 Å². The smallest absolute Gasteiger partial charge is 0.334 e. The molecule has 0 spiro atoms. The van der Waals surface area contributed by atoms with Crippen LogP contribution in [-0.2, 0) is 14.3 Å². The van der Waals surface area contributed by atoms with E-state index >= 15 is 0 Å². The van der Waals surface area contributed by atoms with E-state index in [0.717, 1.165) is 57.9 Å². The van der Waals surface area contributed by atoms with Gasteiger partial charge in [0.15, 0.2) is 5.82 Å². The van der Waals surface area contributed by atoms with Gasteiger partial charge in [-0.25, -0.2) is 14.8 Å². The van der Waals surface area contributed by atoms with Crippen molar-refractivity contribution in [1.29, 1.82) is 5.26 Å². The molecule has 2 aromatic carbocycles. The van der Waals surface area contributed by atoms with Crippen LogP contribution in [-0.4, -0.2) is 95.2 Å². The van der Waals surface area contributed by atoms with Crippen molar-refractivity contribution in [2.45, 2.75) is 51.4 Å². The van der Waals surface area contributed by atoms with Crippen LogP contribution in [0.3, 0.4) is 0 Å². The van der Waals surface area contributed by atoms with Gasteiger partial charge < -0.3 is 29.5 Å². The molecule has 0 amide bonds. The highest BCUT2D eigenvalue weighted by Crippen LogP contribution is 2.28. The summed E-state index contributed by atoms with van der Waals surface area (Å²) in [5.74, 6) is 0.581. The highest BCUT2D eigenvalue weighted by Gasteiger charge is 2.29. The fraction of sp³-hybridized carbons (Fsp3) is 0.469. The fourth-order valence-corrected chi connectivity index (χ4v) is 5.19. The molecule has 2 saturated heterocycles. The minimum absolute atomic E-state index is 0.116. The molecule has 44 heavy (non-hydrogen) atoms. The highest BCUT2D eigenvalue weighted by atomic mass is 16.5. The fourth-order valence-electron chi connectivity index (χ4n) is 5.19. The van der Waals surface area contributed by atoms with Crippen molar-refractivity contribution in [1.82, 2.24) is 19.9 Å². The number of piperazine rings is 1. The minimum atomic E-state index is -1.17. The molecule has 3 aromatic rings. The Balaban J connectivity index is 1.19. The van der Waals surface area contributed by atoms with Crippen LogP contribution in [0.15, 0.2) is 48.8 Å². The molecule has 0 saturated carbocycles. The topological polar surface area (TPSA) is 146 Å². The number of ether oxygens (including phenoxy) is 3. The number of esters is 1. The summed E-state index contributed by atoms with van der Waals surface area (Å²) in [5.41, 5.74) is 3.04. The lowest BCUT2D eigenvalue weighted by Crippen LogP contribution is -2.56. The van der Waals surface area contributed by atoms with E-state index in [1.165, 1.54) is 18.9 Å². The zero-order valence-corrected chi connectivity index (χ0v) is 25.2. The number of nitrogens with zero attached hydrogens (tertiary/aromatic N) is 6. The molecule has 2 fully saturated rings. The maximum Gasteiger partial charge on any atom is 0.334 e. The van der Waals surface area contributed by atoms with E-state index in [0.29, 0.717) is 41.1 Å². The van der Waals surface area contributed by atoms with Gasteiger partial charge >= 0.3 is 5.97 Å². The molecule has 12 heteroatoms. The number of benzene rings is 2. The molecule has 1 aromatic heterocycles. The lowest BCUT2D eigenvalue weighted by Gasteiger charge is -2.43. The van der Waals surface area contributed by atoms with Crippen LogP contribution in [0.25, 0.3) is 11.4 Å². The summed E-state index contributed by atoms with van der Waals surface area (Å²) in [6, 6.07) is 16.2. The van der Waals surface area contributed by atoms with Gasteiger partial charge in [-0.15, -0.1) is 0 Å². The minimum Gasteiger partial charge on any atom is -0.489 e. The average molecular weight is 602 g/mol. The summed E-state index contributed by atoms with van der Waals surface area (Å²) in [4.78, 5) is 29.7. The first-order valence-electron chi connectivity index (χ1n) is 15.1. The predicted octanol–water partition coefficient (Wildman–Crippen LogP) is 3.54. The molecule has 1 unspecified atom stereocenters. The van der Waals surface area contributed by atoms with Crippen LogP contribution in [0.1, 0.15) is 38.7 Å². The number of aliphatic hydroxyl groups is 1. The molecule has 2 atom stereocenters. The molecule has 2 aliphatic rings. The van der Waals surface area contributed by atoms with E-state index in [1.807, 2.05) is 19.1 Å². The summed E-state index contributed by atoms with van der Waals surface area (Å²) >= 11 is 0. The van der Waals surface area contributed by atoms with Crippen LogP contribution in [0.5, 0.6) is 5.75 Å². The predicted molar refractivity (Wildman–Crippen MR) is 165 cm³/mol. The summed E-state index contributed by atoms with van der Waals surface area (Å²) < 4.78 is 16.6. The van der Waals surface area contributed by atoms with Crippen LogP contribution >= 0.6 is 0 Å². The summed E-state index contributed by atoms with van der Waals surface area (Å²) in [5, 5.41) is 22.4. The molecule has 12 nitrogen and oxygen atoms in total. The Morgan fingerprint density at radius 2 is 1.91 bits per heavy atom. The van der Waals surface area contributed by atoms with Crippen molar-refractivity contribution in [3.05, 3.63) is 54.4 Å². The number of nitrogens with one attached hydrogen (secondary N) is 1. The number of hydrogen-bond acceptors (Lipinski definition) is 12. The maximum absolute atomic E-state index is 11.6. The lowest BCUT2D eigenvalue weighted by atomic mass is 10.1. The van der Waals surface area contributed by atoms with Gasteiger partial charge in [0.05, 0.1) is 31.4 Å². The van der Waals surface area contributed by atoms with E-state index in [2.05, 4.69) is 48.3 Å². The monoisotopic (exact) mass is 601 g/mol. The van der Waals surface area contributed by atoms with Gasteiger partial charge in [-0.3, -0.25) is 4.90 Å². The van der Waals surface area contributed by atoms with E-state index in [9.17, 15) is 15.2 Å². The summed E-state index contributed by atoms with van der Waals surface area (Å²) in [6.07, 6.45) is 2.02. The highest BCUT2D eigenvalue weighted by molar-refractivity contribution is 5.73. The SMILES string of the molecule is CCCC(CCOC(=O)[C@H](C)O)Oc1ccc(-c2ncnc(Nc3ccc(N4CCN(C5COC5)CC4)cc3)n2)cc1C#N. The molecule has 5 rings (SSSR count). The number of aliphatic hydroxyl groups excluding tert-OH is 1.